The van der Waals surface area contributed by atoms with Crippen molar-refractivity contribution in [1.82, 2.24) is 0 Å². The summed E-state index contributed by atoms with van der Waals surface area (Å²) in [4.78, 5) is 0. The van der Waals surface area contributed by atoms with E-state index in [0.29, 0.717) is 10.6 Å². The maximum atomic E-state index is 13.6. The van der Waals surface area contributed by atoms with Crippen molar-refractivity contribution in [3.63, 3.8) is 0 Å². The van der Waals surface area contributed by atoms with Crippen molar-refractivity contribution in [3.8, 4) is 0 Å². The molecule has 0 fully saturated rings. The number of halogens is 2. The molecule has 0 saturated carbocycles. The molecule has 106 valence electrons. The molecule has 1 N–H and O–H groups in total. The van der Waals surface area contributed by atoms with Crippen molar-refractivity contribution in [2.75, 3.05) is 4.72 Å². The van der Waals surface area contributed by atoms with E-state index in [0.717, 1.165) is 5.56 Å². The molecule has 0 heterocycles. The van der Waals surface area contributed by atoms with Crippen LogP contribution < -0.4 is 4.72 Å². The number of aryl methyl sites for hydroxylation is 1. The van der Waals surface area contributed by atoms with Gasteiger partial charge in [0.25, 0.3) is 0 Å². The van der Waals surface area contributed by atoms with Gasteiger partial charge in [-0.3, -0.25) is 4.72 Å². The van der Waals surface area contributed by atoms with E-state index in [-0.39, 0.29) is 11.4 Å². The van der Waals surface area contributed by atoms with Crippen molar-refractivity contribution in [3.05, 3.63) is 64.4 Å². The molecule has 0 atom stereocenters. The van der Waals surface area contributed by atoms with Gasteiger partial charge in [0.2, 0.25) is 10.0 Å². The summed E-state index contributed by atoms with van der Waals surface area (Å²) in [7, 11) is -3.72. The van der Waals surface area contributed by atoms with E-state index in [9.17, 15) is 12.8 Å². The molecule has 0 aromatic heterocycles. The second-order valence-electron chi connectivity index (χ2n) is 4.44. The van der Waals surface area contributed by atoms with Gasteiger partial charge in [-0.2, -0.15) is 0 Å². The quantitative estimate of drug-likeness (QED) is 0.935. The van der Waals surface area contributed by atoms with Crippen LogP contribution in [0.1, 0.15) is 11.1 Å². The number of rotatable bonds is 4. The van der Waals surface area contributed by atoms with Crippen LogP contribution in [0.15, 0.2) is 42.5 Å². The van der Waals surface area contributed by atoms with Crippen LogP contribution in [-0.2, 0) is 15.8 Å². The minimum absolute atomic E-state index is 0.0583. The summed E-state index contributed by atoms with van der Waals surface area (Å²) in [6.45, 7) is 1.76. The molecule has 0 aliphatic heterocycles. The van der Waals surface area contributed by atoms with E-state index in [2.05, 4.69) is 4.72 Å². The highest BCUT2D eigenvalue weighted by Crippen LogP contribution is 2.21. The third-order valence-corrected chi connectivity index (χ3v) is 4.28. The molecular weight excluding hydrogens is 301 g/mol. The standard InChI is InChI=1S/C14H13ClFNO2S/c1-10-6-7-13(16)14(8-10)17-20(18,19)9-11-4-2-3-5-12(11)15/h2-8,17H,9H2,1H3. The lowest BCUT2D eigenvalue weighted by Crippen LogP contribution is -2.16. The molecule has 20 heavy (non-hydrogen) atoms. The fraction of sp³-hybridized carbons (Fsp3) is 0.143. The van der Waals surface area contributed by atoms with Crippen LogP contribution >= 0.6 is 11.6 Å². The smallest absolute Gasteiger partial charge is 0.237 e. The highest BCUT2D eigenvalue weighted by molar-refractivity contribution is 7.91. The SMILES string of the molecule is Cc1ccc(F)c(NS(=O)(=O)Cc2ccccc2Cl)c1. The van der Waals surface area contributed by atoms with E-state index in [1.54, 1.807) is 37.3 Å². The van der Waals surface area contributed by atoms with E-state index in [1.807, 2.05) is 0 Å². The van der Waals surface area contributed by atoms with E-state index in [1.165, 1.54) is 12.1 Å². The number of hydrogen-bond acceptors (Lipinski definition) is 2. The summed E-state index contributed by atoms with van der Waals surface area (Å²) < 4.78 is 39.9. The molecule has 0 aliphatic carbocycles. The predicted octanol–water partition coefficient (Wildman–Crippen LogP) is 3.73. The molecule has 6 heteroatoms. The molecular formula is C14H13ClFNO2S. The maximum absolute atomic E-state index is 13.6. The first-order valence-corrected chi connectivity index (χ1v) is 7.90. The molecule has 0 amide bonds. The normalized spacial score (nSPS) is 11.3. The van der Waals surface area contributed by atoms with Crippen LogP contribution in [-0.4, -0.2) is 8.42 Å². The molecule has 2 aromatic carbocycles. The highest BCUT2D eigenvalue weighted by atomic mass is 35.5. The van der Waals surface area contributed by atoms with Crippen molar-refractivity contribution >= 4 is 27.3 Å². The lowest BCUT2D eigenvalue weighted by molar-refractivity contribution is 0.598. The lowest BCUT2D eigenvalue weighted by Gasteiger charge is -2.10. The Hall–Kier alpha value is -1.59. The molecule has 0 radical (unpaired) electrons. The summed E-state index contributed by atoms with van der Waals surface area (Å²) in [6, 6.07) is 10.9. The molecule has 2 aromatic rings. The average molecular weight is 314 g/mol. The van der Waals surface area contributed by atoms with E-state index < -0.39 is 15.8 Å². The van der Waals surface area contributed by atoms with Gasteiger partial charge in [0.05, 0.1) is 11.4 Å². The molecule has 0 aliphatic rings. The van der Waals surface area contributed by atoms with E-state index in [4.69, 9.17) is 11.6 Å². The molecule has 2 rings (SSSR count). The third-order valence-electron chi connectivity index (χ3n) is 2.69. The van der Waals surface area contributed by atoms with Crippen LogP contribution in [0.5, 0.6) is 0 Å². The molecule has 0 spiro atoms. The Bertz CT molecular complexity index is 732. The Morgan fingerprint density at radius 1 is 1.20 bits per heavy atom. The van der Waals surface area contributed by atoms with Crippen LogP contribution in [0.3, 0.4) is 0 Å². The summed E-state index contributed by atoms with van der Waals surface area (Å²) in [5.74, 6) is -0.918. The Kier molecular flexibility index (Phi) is 4.30. The monoisotopic (exact) mass is 313 g/mol. The number of hydrogen-bond donors (Lipinski definition) is 1. The van der Waals surface area contributed by atoms with Gasteiger partial charge in [-0.1, -0.05) is 35.9 Å². The Balaban J connectivity index is 2.24. The Morgan fingerprint density at radius 3 is 2.60 bits per heavy atom. The average Bonchev–Trinajstić information content (AvgIpc) is 2.36. The van der Waals surface area contributed by atoms with Crippen LogP contribution in [0, 0.1) is 12.7 Å². The van der Waals surface area contributed by atoms with Gasteiger partial charge >= 0.3 is 0 Å². The lowest BCUT2D eigenvalue weighted by atomic mass is 10.2. The van der Waals surface area contributed by atoms with Gasteiger partial charge in [0.1, 0.15) is 5.82 Å². The second kappa shape index (κ2) is 5.81. The summed E-state index contributed by atoms with van der Waals surface area (Å²) in [6.07, 6.45) is 0. The van der Waals surface area contributed by atoms with Crippen molar-refractivity contribution < 1.29 is 12.8 Å². The minimum atomic E-state index is -3.72. The molecule has 0 bridgehead atoms. The van der Waals surface area contributed by atoms with E-state index >= 15 is 0 Å². The van der Waals surface area contributed by atoms with Crippen molar-refractivity contribution in [2.45, 2.75) is 12.7 Å². The van der Waals surface area contributed by atoms with Crippen LogP contribution in [0.4, 0.5) is 10.1 Å². The third kappa shape index (κ3) is 3.71. The zero-order valence-corrected chi connectivity index (χ0v) is 12.3. The second-order valence-corrected chi connectivity index (χ2v) is 6.57. The zero-order chi connectivity index (χ0) is 14.8. The predicted molar refractivity (Wildman–Crippen MR) is 78.8 cm³/mol. The summed E-state index contributed by atoms with van der Waals surface area (Å²) in [5, 5.41) is 0.364. The molecule has 3 nitrogen and oxygen atoms in total. The zero-order valence-electron chi connectivity index (χ0n) is 10.7. The first kappa shape index (κ1) is 14.8. The fourth-order valence-electron chi connectivity index (χ4n) is 1.74. The van der Waals surface area contributed by atoms with Gasteiger partial charge in [0.15, 0.2) is 0 Å². The van der Waals surface area contributed by atoms with Gasteiger partial charge in [-0.15, -0.1) is 0 Å². The van der Waals surface area contributed by atoms with Crippen LogP contribution in [0.25, 0.3) is 0 Å². The summed E-state index contributed by atoms with van der Waals surface area (Å²) >= 11 is 5.92. The van der Waals surface area contributed by atoms with Gasteiger partial charge in [0, 0.05) is 5.02 Å². The van der Waals surface area contributed by atoms with Crippen molar-refractivity contribution in [2.24, 2.45) is 0 Å². The topological polar surface area (TPSA) is 46.2 Å². The Labute approximate surface area is 122 Å². The van der Waals surface area contributed by atoms with Gasteiger partial charge in [-0.05, 0) is 36.2 Å². The first-order chi connectivity index (χ1) is 9.37. The number of benzene rings is 2. The number of nitrogens with one attached hydrogen (secondary N) is 1. The minimum Gasteiger partial charge on any atom is -0.280 e. The first-order valence-electron chi connectivity index (χ1n) is 5.87. The number of sulfonamides is 1. The number of anilines is 1. The van der Waals surface area contributed by atoms with Crippen molar-refractivity contribution in [1.29, 1.82) is 0 Å². The van der Waals surface area contributed by atoms with Gasteiger partial charge in [-0.25, -0.2) is 12.8 Å². The molecule has 0 unspecified atom stereocenters. The molecule has 0 saturated heterocycles. The highest BCUT2D eigenvalue weighted by Gasteiger charge is 2.15. The largest absolute Gasteiger partial charge is 0.280 e. The Morgan fingerprint density at radius 2 is 1.90 bits per heavy atom. The maximum Gasteiger partial charge on any atom is 0.237 e. The summed E-state index contributed by atoms with van der Waals surface area (Å²) in [5.41, 5.74) is 1.17. The van der Waals surface area contributed by atoms with Crippen LogP contribution in [0.2, 0.25) is 5.02 Å². The fourth-order valence-corrected chi connectivity index (χ4v) is 3.25. The van der Waals surface area contributed by atoms with Gasteiger partial charge < -0.3 is 0 Å².